The van der Waals surface area contributed by atoms with Gasteiger partial charge in [0.15, 0.2) is 0 Å². The van der Waals surface area contributed by atoms with Gasteiger partial charge in [0.1, 0.15) is 0 Å². The average molecular weight is 367 g/mol. The van der Waals surface area contributed by atoms with Crippen molar-refractivity contribution in [2.24, 2.45) is 5.10 Å². The topological polar surface area (TPSA) is 70.6 Å². The molecule has 5 heteroatoms. The van der Waals surface area contributed by atoms with Gasteiger partial charge in [0.2, 0.25) is 0 Å². The Kier molecular flexibility index (Phi) is 4.80. The lowest BCUT2D eigenvalue weighted by molar-refractivity contribution is -0.136. The third kappa shape index (κ3) is 3.59. The largest absolute Gasteiger partial charge is 0.329 e. The maximum Gasteiger partial charge on any atom is 0.329 e. The Morgan fingerprint density at radius 1 is 0.679 bits per heavy atom. The minimum Gasteiger partial charge on any atom is -0.317 e. The van der Waals surface area contributed by atoms with Crippen LogP contribution < -0.4 is 10.7 Å². The van der Waals surface area contributed by atoms with Gasteiger partial charge in [-0.25, -0.2) is 5.43 Å². The molecule has 4 aromatic rings. The summed E-state index contributed by atoms with van der Waals surface area (Å²) in [7, 11) is 0. The summed E-state index contributed by atoms with van der Waals surface area (Å²) in [5.41, 5.74) is 3.72. The number of nitrogens with one attached hydrogen (secondary N) is 2. The van der Waals surface area contributed by atoms with Crippen molar-refractivity contribution in [3.8, 4) is 0 Å². The standard InChI is InChI=1S/C23H17N3O2/c27-22(25-21-14-6-10-17-8-2-4-13-20(17)21)23(28)26-24-15-18-11-5-9-16-7-1-3-12-19(16)18/h1-15H,(H,25,27)(H,26,28)/b24-15-. The van der Waals surface area contributed by atoms with Crippen molar-refractivity contribution in [3.05, 3.63) is 90.5 Å². The van der Waals surface area contributed by atoms with E-state index >= 15 is 0 Å². The van der Waals surface area contributed by atoms with Crippen molar-refractivity contribution >= 4 is 45.3 Å². The number of nitrogens with zero attached hydrogens (tertiary/aromatic N) is 1. The molecule has 0 unspecified atom stereocenters. The van der Waals surface area contributed by atoms with E-state index in [1.54, 1.807) is 6.07 Å². The van der Waals surface area contributed by atoms with Crippen molar-refractivity contribution < 1.29 is 9.59 Å². The summed E-state index contributed by atoms with van der Waals surface area (Å²) in [6, 6.07) is 26.9. The Bertz CT molecular complexity index is 1200. The number of carbonyl (C=O) groups is 2. The van der Waals surface area contributed by atoms with Crippen molar-refractivity contribution in [3.63, 3.8) is 0 Å². The lowest BCUT2D eigenvalue weighted by Crippen LogP contribution is -2.32. The Labute approximate surface area is 161 Å². The van der Waals surface area contributed by atoms with E-state index in [1.165, 1.54) is 6.21 Å². The average Bonchev–Trinajstić information content (AvgIpc) is 2.74. The zero-order chi connectivity index (χ0) is 19.3. The van der Waals surface area contributed by atoms with Gasteiger partial charge < -0.3 is 5.32 Å². The molecule has 2 N–H and O–H groups in total. The fraction of sp³-hybridized carbons (Fsp3) is 0. The number of amides is 2. The van der Waals surface area contributed by atoms with E-state index in [-0.39, 0.29) is 0 Å². The lowest BCUT2D eigenvalue weighted by Gasteiger charge is -2.07. The number of rotatable bonds is 3. The molecular formula is C23H17N3O2. The molecule has 0 aromatic heterocycles. The molecule has 0 radical (unpaired) electrons. The van der Waals surface area contributed by atoms with Crippen LogP contribution in [0.2, 0.25) is 0 Å². The SMILES string of the molecule is O=C(N/N=C\c1cccc2ccccc12)C(=O)Nc1cccc2ccccc12. The molecule has 28 heavy (non-hydrogen) atoms. The summed E-state index contributed by atoms with van der Waals surface area (Å²) in [6.07, 6.45) is 1.53. The van der Waals surface area contributed by atoms with E-state index in [0.717, 1.165) is 27.1 Å². The van der Waals surface area contributed by atoms with Crippen LogP contribution >= 0.6 is 0 Å². The Balaban J connectivity index is 1.46. The van der Waals surface area contributed by atoms with Gasteiger partial charge in [0.25, 0.3) is 0 Å². The fourth-order valence-electron chi connectivity index (χ4n) is 3.09. The summed E-state index contributed by atoms with van der Waals surface area (Å²) in [5, 5.41) is 10.5. The highest BCUT2D eigenvalue weighted by Crippen LogP contribution is 2.22. The molecule has 4 aromatic carbocycles. The second-order valence-electron chi connectivity index (χ2n) is 6.25. The second-order valence-corrected chi connectivity index (χ2v) is 6.25. The molecule has 5 nitrogen and oxygen atoms in total. The molecule has 0 aliphatic carbocycles. The minimum absolute atomic E-state index is 0.580. The third-order valence-electron chi connectivity index (χ3n) is 4.44. The molecule has 4 rings (SSSR count). The van der Waals surface area contributed by atoms with Crippen LogP contribution in [0.3, 0.4) is 0 Å². The quantitative estimate of drug-likeness (QED) is 0.325. The van der Waals surface area contributed by atoms with Gasteiger partial charge in [-0.2, -0.15) is 5.10 Å². The normalized spacial score (nSPS) is 11.0. The number of carbonyl (C=O) groups excluding carboxylic acids is 2. The summed E-state index contributed by atoms with van der Waals surface area (Å²) in [6.45, 7) is 0. The number of hydrazone groups is 1. The molecule has 136 valence electrons. The van der Waals surface area contributed by atoms with Crippen LogP contribution in [0.25, 0.3) is 21.5 Å². The van der Waals surface area contributed by atoms with Crippen LogP contribution in [-0.4, -0.2) is 18.0 Å². The molecule has 0 aliphatic rings. The van der Waals surface area contributed by atoms with Gasteiger partial charge in [-0.05, 0) is 22.2 Å². The first-order chi connectivity index (χ1) is 13.7. The summed E-state index contributed by atoms with van der Waals surface area (Å²) >= 11 is 0. The molecule has 0 bridgehead atoms. The van der Waals surface area contributed by atoms with Gasteiger partial charge in [-0.3, -0.25) is 9.59 Å². The van der Waals surface area contributed by atoms with Crippen molar-refractivity contribution in [1.29, 1.82) is 0 Å². The molecule has 0 saturated carbocycles. The maximum absolute atomic E-state index is 12.2. The van der Waals surface area contributed by atoms with E-state index in [0.29, 0.717) is 5.69 Å². The predicted octanol–water partition coefficient (Wildman–Crippen LogP) is 4.08. The van der Waals surface area contributed by atoms with Crippen molar-refractivity contribution in [1.82, 2.24) is 5.43 Å². The van der Waals surface area contributed by atoms with Crippen molar-refractivity contribution in [2.45, 2.75) is 0 Å². The molecule has 2 amide bonds. The van der Waals surface area contributed by atoms with Gasteiger partial charge in [-0.1, -0.05) is 78.9 Å². The minimum atomic E-state index is -0.829. The van der Waals surface area contributed by atoms with Gasteiger partial charge in [-0.15, -0.1) is 0 Å². The van der Waals surface area contributed by atoms with Crippen molar-refractivity contribution in [2.75, 3.05) is 5.32 Å². The van der Waals surface area contributed by atoms with Crippen LogP contribution in [0.5, 0.6) is 0 Å². The molecule has 0 spiro atoms. The van der Waals surface area contributed by atoms with E-state index in [4.69, 9.17) is 0 Å². The van der Waals surface area contributed by atoms with Gasteiger partial charge >= 0.3 is 11.8 Å². The first-order valence-corrected chi connectivity index (χ1v) is 8.82. The lowest BCUT2D eigenvalue weighted by atomic mass is 10.1. The Morgan fingerprint density at radius 3 is 2.07 bits per heavy atom. The third-order valence-corrected chi connectivity index (χ3v) is 4.44. The molecule has 0 aliphatic heterocycles. The zero-order valence-corrected chi connectivity index (χ0v) is 14.9. The van der Waals surface area contributed by atoms with Crippen LogP contribution in [0, 0.1) is 0 Å². The predicted molar refractivity (Wildman–Crippen MR) is 112 cm³/mol. The fourth-order valence-corrected chi connectivity index (χ4v) is 3.09. The zero-order valence-electron chi connectivity index (χ0n) is 14.9. The molecule has 0 atom stereocenters. The van der Waals surface area contributed by atoms with E-state index < -0.39 is 11.8 Å². The second kappa shape index (κ2) is 7.72. The molecule has 0 fully saturated rings. The smallest absolute Gasteiger partial charge is 0.317 e. The monoisotopic (exact) mass is 367 g/mol. The summed E-state index contributed by atoms with van der Waals surface area (Å²) in [5.74, 6) is -1.60. The highest BCUT2D eigenvalue weighted by atomic mass is 16.2. The molecule has 0 saturated heterocycles. The highest BCUT2D eigenvalue weighted by molar-refractivity contribution is 6.40. The van der Waals surface area contributed by atoms with Gasteiger partial charge in [0.05, 0.1) is 6.21 Å². The number of hydrogen-bond donors (Lipinski definition) is 2. The maximum atomic E-state index is 12.2. The van der Waals surface area contributed by atoms with Gasteiger partial charge in [0, 0.05) is 16.6 Å². The van der Waals surface area contributed by atoms with E-state index in [2.05, 4.69) is 15.8 Å². The van der Waals surface area contributed by atoms with E-state index in [1.807, 2.05) is 78.9 Å². The number of hydrogen-bond acceptors (Lipinski definition) is 3. The first-order valence-electron chi connectivity index (χ1n) is 8.82. The van der Waals surface area contributed by atoms with Crippen LogP contribution in [0.15, 0.2) is 90.0 Å². The number of benzene rings is 4. The molecular weight excluding hydrogens is 350 g/mol. The summed E-state index contributed by atoms with van der Waals surface area (Å²) < 4.78 is 0. The Hall–Kier alpha value is -3.99. The summed E-state index contributed by atoms with van der Waals surface area (Å²) in [4.78, 5) is 24.3. The number of fused-ring (bicyclic) bond motifs is 2. The Morgan fingerprint density at radius 2 is 1.29 bits per heavy atom. The first kappa shape index (κ1) is 17.4. The number of anilines is 1. The van der Waals surface area contributed by atoms with Crippen LogP contribution in [0.4, 0.5) is 5.69 Å². The van der Waals surface area contributed by atoms with E-state index in [9.17, 15) is 9.59 Å². The highest BCUT2D eigenvalue weighted by Gasteiger charge is 2.14. The molecule has 0 heterocycles. The van der Waals surface area contributed by atoms with Crippen LogP contribution in [0.1, 0.15) is 5.56 Å². The van der Waals surface area contributed by atoms with Crippen LogP contribution in [-0.2, 0) is 9.59 Å².